The summed E-state index contributed by atoms with van der Waals surface area (Å²) in [6, 6.07) is 4.36. The minimum absolute atomic E-state index is 0.577. The van der Waals surface area contributed by atoms with E-state index < -0.39 is 0 Å². The second-order valence-corrected chi connectivity index (χ2v) is 5.89. The molecule has 0 bridgehead atoms. The van der Waals surface area contributed by atoms with E-state index in [1.54, 1.807) is 0 Å². The first-order valence-electron chi connectivity index (χ1n) is 7.27. The van der Waals surface area contributed by atoms with E-state index in [9.17, 15) is 0 Å². The zero-order valence-corrected chi connectivity index (χ0v) is 12.6. The van der Waals surface area contributed by atoms with Crippen LogP contribution in [-0.2, 0) is 0 Å². The first-order chi connectivity index (χ1) is 9.74. The SMILES string of the molecule is CN1CCCCC1CNc1cc2c(cc1Cl)OCCO2. The molecule has 0 aliphatic carbocycles. The molecule has 1 unspecified atom stereocenters. The smallest absolute Gasteiger partial charge is 0.163 e. The largest absolute Gasteiger partial charge is 0.486 e. The van der Waals surface area contributed by atoms with Gasteiger partial charge in [-0.2, -0.15) is 0 Å². The number of halogens is 1. The Kier molecular flexibility index (Phi) is 4.22. The Hall–Kier alpha value is -1.13. The number of hydrogen-bond acceptors (Lipinski definition) is 4. The molecule has 1 fully saturated rings. The van der Waals surface area contributed by atoms with Crippen LogP contribution in [0.3, 0.4) is 0 Å². The first-order valence-corrected chi connectivity index (χ1v) is 7.65. The summed E-state index contributed by atoms with van der Waals surface area (Å²) in [6.07, 6.45) is 3.86. The van der Waals surface area contributed by atoms with Crippen LogP contribution in [0.1, 0.15) is 19.3 Å². The van der Waals surface area contributed by atoms with Crippen molar-refractivity contribution in [3.63, 3.8) is 0 Å². The minimum Gasteiger partial charge on any atom is -0.486 e. The van der Waals surface area contributed by atoms with Crippen LogP contribution >= 0.6 is 11.6 Å². The van der Waals surface area contributed by atoms with Gasteiger partial charge in [0.25, 0.3) is 0 Å². The highest BCUT2D eigenvalue weighted by Gasteiger charge is 2.20. The van der Waals surface area contributed by atoms with E-state index in [4.69, 9.17) is 21.1 Å². The van der Waals surface area contributed by atoms with Gasteiger partial charge >= 0.3 is 0 Å². The molecule has 0 radical (unpaired) electrons. The number of hydrogen-bond donors (Lipinski definition) is 1. The molecule has 110 valence electrons. The Morgan fingerprint density at radius 2 is 2.00 bits per heavy atom. The van der Waals surface area contributed by atoms with Crippen LogP contribution in [0.2, 0.25) is 5.02 Å². The van der Waals surface area contributed by atoms with Crippen molar-refractivity contribution in [3.8, 4) is 11.5 Å². The van der Waals surface area contributed by atoms with Crippen LogP contribution in [0.15, 0.2) is 12.1 Å². The van der Waals surface area contributed by atoms with Gasteiger partial charge in [-0.25, -0.2) is 0 Å². The van der Waals surface area contributed by atoms with Gasteiger partial charge in [-0.3, -0.25) is 0 Å². The lowest BCUT2D eigenvalue weighted by Gasteiger charge is -2.33. The van der Waals surface area contributed by atoms with Crippen molar-refractivity contribution in [2.75, 3.05) is 38.7 Å². The molecule has 1 aromatic carbocycles. The average Bonchev–Trinajstić information content (AvgIpc) is 2.46. The van der Waals surface area contributed by atoms with E-state index in [1.165, 1.54) is 25.8 Å². The molecule has 0 aromatic heterocycles. The number of likely N-dealkylation sites (N-methyl/N-ethyl adjacent to an activating group) is 1. The monoisotopic (exact) mass is 296 g/mol. The van der Waals surface area contributed by atoms with Gasteiger partial charge in [-0.1, -0.05) is 18.0 Å². The molecule has 1 N–H and O–H groups in total. The van der Waals surface area contributed by atoms with Gasteiger partial charge in [-0.15, -0.1) is 0 Å². The fraction of sp³-hybridized carbons (Fsp3) is 0.600. The number of anilines is 1. The summed E-state index contributed by atoms with van der Waals surface area (Å²) in [4.78, 5) is 2.42. The summed E-state index contributed by atoms with van der Waals surface area (Å²) in [5.74, 6) is 1.52. The minimum atomic E-state index is 0.577. The van der Waals surface area contributed by atoms with Gasteiger partial charge in [0.05, 0.1) is 10.7 Å². The Morgan fingerprint density at radius 3 is 2.75 bits per heavy atom. The van der Waals surface area contributed by atoms with Gasteiger partial charge < -0.3 is 19.7 Å². The Labute approximate surface area is 125 Å². The number of nitrogens with one attached hydrogen (secondary N) is 1. The third-order valence-corrected chi connectivity index (χ3v) is 4.39. The lowest BCUT2D eigenvalue weighted by Crippen LogP contribution is -2.40. The van der Waals surface area contributed by atoms with Gasteiger partial charge in [0.1, 0.15) is 13.2 Å². The quantitative estimate of drug-likeness (QED) is 0.930. The zero-order valence-electron chi connectivity index (χ0n) is 11.8. The highest BCUT2D eigenvalue weighted by Crippen LogP contribution is 2.38. The lowest BCUT2D eigenvalue weighted by atomic mass is 10.0. The number of piperidine rings is 1. The summed E-state index contributed by atoms with van der Waals surface area (Å²) in [5, 5.41) is 4.14. The van der Waals surface area contributed by atoms with Crippen LogP contribution in [0.4, 0.5) is 5.69 Å². The van der Waals surface area contributed by atoms with Crippen LogP contribution in [0.25, 0.3) is 0 Å². The van der Waals surface area contributed by atoms with Crippen molar-refractivity contribution in [3.05, 3.63) is 17.2 Å². The second-order valence-electron chi connectivity index (χ2n) is 5.49. The summed E-state index contributed by atoms with van der Waals surface area (Å²) in [5.41, 5.74) is 0.926. The fourth-order valence-electron chi connectivity index (χ4n) is 2.83. The van der Waals surface area contributed by atoms with Gasteiger partial charge in [0, 0.05) is 24.7 Å². The second kappa shape index (κ2) is 6.10. The topological polar surface area (TPSA) is 33.7 Å². The zero-order chi connectivity index (χ0) is 13.9. The number of ether oxygens (including phenoxy) is 2. The Balaban J connectivity index is 1.67. The van der Waals surface area contributed by atoms with Crippen molar-refractivity contribution in [1.82, 2.24) is 4.90 Å². The van der Waals surface area contributed by atoms with E-state index >= 15 is 0 Å². The predicted octanol–water partition coefficient (Wildman–Crippen LogP) is 3.01. The normalized spacial score (nSPS) is 22.6. The maximum absolute atomic E-state index is 6.30. The van der Waals surface area contributed by atoms with Gasteiger partial charge in [0.15, 0.2) is 11.5 Å². The standard InChI is InChI=1S/C15H21ClN2O2/c1-18-5-3-2-4-11(18)10-17-13-9-15-14(8-12(13)16)19-6-7-20-15/h8-9,11,17H,2-7,10H2,1H3. The predicted molar refractivity (Wildman–Crippen MR) is 81.2 cm³/mol. The average molecular weight is 297 g/mol. The molecule has 1 aromatic rings. The number of nitrogens with zero attached hydrogens (tertiary/aromatic N) is 1. The molecule has 1 saturated heterocycles. The molecule has 2 aliphatic rings. The fourth-order valence-corrected chi connectivity index (χ4v) is 3.05. The first kappa shape index (κ1) is 13.8. The van der Waals surface area contributed by atoms with E-state index in [0.717, 1.165) is 23.7 Å². The van der Waals surface area contributed by atoms with Crippen molar-refractivity contribution in [2.24, 2.45) is 0 Å². The molecule has 0 amide bonds. The van der Waals surface area contributed by atoms with Crippen molar-refractivity contribution >= 4 is 17.3 Å². The van der Waals surface area contributed by atoms with Gasteiger partial charge in [-0.05, 0) is 26.4 Å². The number of likely N-dealkylation sites (tertiary alicyclic amines) is 1. The van der Waals surface area contributed by atoms with E-state index in [2.05, 4.69) is 17.3 Å². The molecular formula is C15H21ClN2O2. The molecule has 2 heterocycles. The lowest BCUT2D eigenvalue weighted by molar-refractivity contribution is 0.171. The summed E-state index contributed by atoms with van der Waals surface area (Å²) < 4.78 is 11.1. The van der Waals surface area contributed by atoms with E-state index in [1.807, 2.05) is 12.1 Å². The van der Waals surface area contributed by atoms with Crippen LogP contribution in [0, 0.1) is 0 Å². The summed E-state index contributed by atoms with van der Waals surface area (Å²) in [6.45, 7) is 3.28. The number of benzene rings is 1. The maximum atomic E-state index is 6.30. The van der Waals surface area contributed by atoms with E-state index in [-0.39, 0.29) is 0 Å². The van der Waals surface area contributed by atoms with Crippen LogP contribution < -0.4 is 14.8 Å². The number of fused-ring (bicyclic) bond motifs is 1. The van der Waals surface area contributed by atoms with Crippen LogP contribution in [-0.4, -0.2) is 44.3 Å². The summed E-state index contributed by atoms with van der Waals surface area (Å²) >= 11 is 6.30. The van der Waals surface area contributed by atoms with Gasteiger partial charge in [0.2, 0.25) is 0 Å². The van der Waals surface area contributed by atoms with Crippen molar-refractivity contribution in [1.29, 1.82) is 0 Å². The Morgan fingerprint density at radius 1 is 1.25 bits per heavy atom. The molecule has 5 heteroatoms. The highest BCUT2D eigenvalue weighted by atomic mass is 35.5. The molecule has 0 saturated carbocycles. The van der Waals surface area contributed by atoms with Crippen LogP contribution in [0.5, 0.6) is 11.5 Å². The molecular weight excluding hydrogens is 276 g/mol. The molecule has 0 spiro atoms. The highest BCUT2D eigenvalue weighted by molar-refractivity contribution is 6.33. The molecule has 2 aliphatic heterocycles. The molecule has 3 rings (SSSR count). The summed E-state index contributed by atoms with van der Waals surface area (Å²) in [7, 11) is 2.19. The van der Waals surface area contributed by atoms with Crippen molar-refractivity contribution < 1.29 is 9.47 Å². The Bertz CT molecular complexity index is 481. The molecule has 20 heavy (non-hydrogen) atoms. The van der Waals surface area contributed by atoms with E-state index in [0.29, 0.717) is 24.3 Å². The number of rotatable bonds is 3. The van der Waals surface area contributed by atoms with Crippen molar-refractivity contribution in [2.45, 2.75) is 25.3 Å². The third kappa shape index (κ3) is 2.96. The third-order valence-electron chi connectivity index (χ3n) is 4.08. The molecule has 1 atom stereocenters. The molecule has 4 nitrogen and oxygen atoms in total. The maximum Gasteiger partial charge on any atom is 0.163 e.